The molecule has 1 spiro atoms. The fraction of sp³-hybridized carbons (Fsp3) is 0.471. The molecule has 2 aromatic rings. The summed E-state index contributed by atoms with van der Waals surface area (Å²) in [5, 5.41) is 0. The van der Waals surface area contributed by atoms with Crippen molar-refractivity contribution in [1.29, 1.82) is 0 Å². The molecule has 1 saturated heterocycles. The van der Waals surface area contributed by atoms with Gasteiger partial charge in [0.1, 0.15) is 0 Å². The molecule has 5 nitrogen and oxygen atoms in total. The van der Waals surface area contributed by atoms with Crippen LogP contribution in [-0.4, -0.2) is 33.6 Å². The van der Waals surface area contributed by atoms with Crippen LogP contribution >= 0.6 is 0 Å². The van der Waals surface area contributed by atoms with Crippen LogP contribution in [0.3, 0.4) is 0 Å². The van der Waals surface area contributed by atoms with Crippen LogP contribution in [0.1, 0.15) is 32.4 Å². The molecule has 2 N–H and O–H groups in total. The predicted octanol–water partition coefficient (Wildman–Crippen LogP) is 2.50. The number of hydrogen-bond donors (Lipinski definition) is 2. The average molecular weight is 297 g/mol. The second kappa shape index (κ2) is 5.11. The quantitative estimate of drug-likeness (QED) is 0.849. The van der Waals surface area contributed by atoms with Crippen LogP contribution in [0.15, 0.2) is 36.7 Å². The fourth-order valence-corrected chi connectivity index (χ4v) is 3.71. The topological polar surface area (TPSA) is 45.1 Å². The Morgan fingerprint density at radius 3 is 2.77 bits per heavy atom. The maximum atomic E-state index is 4.47. The Labute approximate surface area is 131 Å². The average Bonchev–Trinajstić information content (AvgIpc) is 2.99. The Morgan fingerprint density at radius 1 is 1.18 bits per heavy atom. The molecular formula is C17H23N5. The Kier molecular flexibility index (Phi) is 3.20. The van der Waals surface area contributed by atoms with Gasteiger partial charge < -0.3 is 14.9 Å². The first-order chi connectivity index (χ1) is 10.7. The van der Waals surface area contributed by atoms with E-state index in [2.05, 4.69) is 63.5 Å². The second-order valence-corrected chi connectivity index (χ2v) is 6.60. The van der Waals surface area contributed by atoms with Crippen molar-refractivity contribution in [2.24, 2.45) is 0 Å². The molecule has 1 fully saturated rings. The molecule has 5 heteroatoms. The van der Waals surface area contributed by atoms with Crippen LogP contribution < -0.4 is 10.9 Å². The zero-order valence-corrected chi connectivity index (χ0v) is 13.2. The van der Waals surface area contributed by atoms with Gasteiger partial charge in [-0.1, -0.05) is 0 Å². The third kappa shape index (κ3) is 2.04. The Hall–Kier alpha value is -1.85. The number of fused-ring (bicyclic) bond motifs is 4. The van der Waals surface area contributed by atoms with Gasteiger partial charge in [-0.15, -0.1) is 0 Å². The summed E-state index contributed by atoms with van der Waals surface area (Å²) in [7, 11) is 0. The number of nitrogens with one attached hydrogen (secondary N) is 2. The van der Waals surface area contributed by atoms with E-state index in [1.807, 2.05) is 12.3 Å². The van der Waals surface area contributed by atoms with Crippen LogP contribution in [0.5, 0.6) is 0 Å². The van der Waals surface area contributed by atoms with Crippen LogP contribution in [-0.2, 0) is 5.54 Å². The molecule has 116 valence electrons. The monoisotopic (exact) mass is 297 g/mol. The number of rotatable bonds is 1. The van der Waals surface area contributed by atoms with Crippen molar-refractivity contribution in [2.45, 2.75) is 38.3 Å². The molecule has 0 bridgehead atoms. The van der Waals surface area contributed by atoms with Gasteiger partial charge in [0.15, 0.2) is 5.82 Å². The van der Waals surface area contributed by atoms with E-state index in [0.717, 1.165) is 37.4 Å². The van der Waals surface area contributed by atoms with Crippen molar-refractivity contribution in [2.75, 3.05) is 18.5 Å². The van der Waals surface area contributed by atoms with Crippen LogP contribution in [0, 0.1) is 0 Å². The van der Waals surface area contributed by atoms with E-state index in [0.29, 0.717) is 6.04 Å². The van der Waals surface area contributed by atoms with Crippen LogP contribution in [0.25, 0.3) is 5.69 Å². The summed E-state index contributed by atoms with van der Waals surface area (Å²) >= 11 is 0. The van der Waals surface area contributed by atoms with Gasteiger partial charge in [-0.25, -0.2) is 10.4 Å². The highest BCUT2D eigenvalue weighted by Gasteiger charge is 2.40. The SMILES string of the molecule is CC(C)N1CCC2(CC1)NNc1ncccc1-n1cccc12. The van der Waals surface area contributed by atoms with Crippen LogP contribution in [0.2, 0.25) is 0 Å². The zero-order chi connectivity index (χ0) is 15.2. The van der Waals surface area contributed by atoms with Crippen molar-refractivity contribution in [3.8, 4) is 5.69 Å². The predicted molar refractivity (Wildman–Crippen MR) is 87.9 cm³/mol. The molecule has 2 aliphatic heterocycles. The maximum Gasteiger partial charge on any atom is 0.164 e. The zero-order valence-electron chi connectivity index (χ0n) is 13.2. The van der Waals surface area contributed by atoms with Gasteiger partial charge in [0.25, 0.3) is 0 Å². The molecule has 2 aliphatic rings. The Morgan fingerprint density at radius 2 is 2.00 bits per heavy atom. The number of aromatic nitrogens is 2. The van der Waals surface area contributed by atoms with Gasteiger partial charge in [-0.2, -0.15) is 0 Å². The van der Waals surface area contributed by atoms with Crippen molar-refractivity contribution in [3.63, 3.8) is 0 Å². The molecule has 4 rings (SSSR count). The normalized spacial score (nSPS) is 20.3. The first kappa shape index (κ1) is 13.8. The number of nitrogens with zero attached hydrogens (tertiary/aromatic N) is 3. The van der Waals surface area contributed by atoms with Crippen molar-refractivity contribution in [3.05, 3.63) is 42.4 Å². The molecule has 4 heterocycles. The summed E-state index contributed by atoms with van der Waals surface area (Å²) in [5.74, 6) is 0.892. The van der Waals surface area contributed by atoms with E-state index in [1.54, 1.807) is 0 Å². The number of hydrogen-bond acceptors (Lipinski definition) is 4. The Balaban J connectivity index is 1.73. The first-order valence-corrected chi connectivity index (χ1v) is 8.10. The summed E-state index contributed by atoms with van der Waals surface area (Å²) in [6.45, 7) is 6.78. The molecule has 0 radical (unpaired) electrons. The van der Waals surface area contributed by atoms with Crippen LogP contribution in [0.4, 0.5) is 5.82 Å². The summed E-state index contributed by atoms with van der Waals surface area (Å²) in [6, 6.07) is 9.09. The second-order valence-electron chi connectivity index (χ2n) is 6.60. The molecule has 22 heavy (non-hydrogen) atoms. The van der Waals surface area contributed by atoms with E-state index < -0.39 is 0 Å². The van der Waals surface area contributed by atoms with E-state index in [1.165, 1.54) is 5.69 Å². The molecule has 0 saturated carbocycles. The van der Waals surface area contributed by atoms with Gasteiger partial charge in [0, 0.05) is 37.2 Å². The van der Waals surface area contributed by atoms with Crippen molar-refractivity contribution in [1.82, 2.24) is 19.9 Å². The summed E-state index contributed by atoms with van der Waals surface area (Å²) in [5.41, 5.74) is 9.36. The highest BCUT2D eigenvalue weighted by atomic mass is 15.4. The highest BCUT2D eigenvalue weighted by molar-refractivity contribution is 5.58. The molecule has 0 aromatic carbocycles. The van der Waals surface area contributed by atoms with E-state index in [4.69, 9.17) is 0 Å². The van der Waals surface area contributed by atoms with E-state index >= 15 is 0 Å². The molecule has 0 aliphatic carbocycles. The number of hydrazine groups is 1. The lowest BCUT2D eigenvalue weighted by atomic mass is 9.84. The summed E-state index contributed by atoms with van der Waals surface area (Å²) in [6.07, 6.45) is 6.16. The minimum atomic E-state index is -0.0322. The number of pyridine rings is 1. The highest BCUT2D eigenvalue weighted by Crippen LogP contribution is 2.37. The van der Waals surface area contributed by atoms with E-state index in [-0.39, 0.29) is 5.54 Å². The fourth-order valence-electron chi connectivity index (χ4n) is 3.71. The minimum absolute atomic E-state index is 0.0322. The van der Waals surface area contributed by atoms with Gasteiger partial charge in [0.2, 0.25) is 0 Å². The largest absolute Gasteiger partial charge is 0.316 e. The minimum Gasteiger partial charge on any atom is -0.316 e. The molecule has 0 amide bonds. The van der Waals surface area contributed by atoms with Gasteiger partial charge in [-0.05, 0) is 51.0 Å². The summed E-state index contributed by atoms with van der Waals surface area (Å²) < 4.78 is 2.28. The molecule has 0 atom stereocenters. The molecular weight excluding hydrogens is 274 g/mol. The maximum absolute atomic E-state index is 4.47. The number of likely N-dealkylation sites (tertiary alicyclic amines) is 1. The first-order valence-electron chi connectivity index (χ1n) is 8.10. The van der Waals surface area contributed by atoms with Gasteiger partial charge in [-0.3, -0.25) is 0 Å². The van der Waals surface area contributed by atoms with E-state index in [9.17, 15) is 0 Å². The lowest BCUT2D eigenvalue weighted by Gasteiger charge is -2.43. The smallest absolute Gasteiger partial charge is 0.164 e. The van der Waals surface area contributed by atoms with Gasteiger partial charge in [0.05, 0.1) is 11.2 Å². The lowest BCUT2D eigenvalue weighted by Crippen LogP contribution is -2.54. The van der Waals surface area contributed by atoms with Gasteiger partial charge >= 0.3 is 0 Å². The van der Waals surface area contributed by atoms with Crippen molar-refractivity contribution >= 4 is 5.82 Å². The Bertz CT molecular complexity index is 667. The third-order valence-electron chi connectivity index (χ3n) is 5.09. The molecule has 2 aromatic heterocycles. The number of anilines is 1. The number of piperidine rings is 1. The molecule has 0 unspecified atom stereocenters. The standard InChI is InChI=1S/C17H23N5/c1-13(2)21-11-7-17(8-12-21)15-6-4-10-22(15)14-5-3-9-18-16(14)19-20-17/h3-6,9-10,13,20H,7-8,11-12H2,1-2H3,(H,18,19). The lowest BCUT2D eigenvalue weighted by molar-refractivity contribution is 0.111. The third-order valence-corrected chi connectivity index (χ3v) is 5.09. The van der Waals surface area contributed by atoms with Crippen molar-refractivity contribution < 1.29 is 0 Å². The summed E-state index contributed by atoms with van der Waals surface area (Å²) in [4.78, 5) is 7.03.